The third kappa shape index (κ3) is 8.00. The standard InChI is InChI=1S/C23H34BrNO4/c1-22(2,3)28-20(26)19(15-16-8-7-9-18(24)14-16)17-10-12-25(13-11-17)21(27)29-23(4,5)6/h7-9,14,17,19H,10-13,15H2,1-6H3/t19-/m0/s1. The van der Waals surface area contributed by atoms with Crippen molar-refractivity contribution in [2.45, 2.75) is 72.0 Å². The molecule has 1 aromatic rings. The zero-order valence-corrected chi connectivity index (χ0v) is 20.0. The maximum atomic E-state index is 13.0. The molecule has 0 aliphatic carbocycles. The number of hydrogen-bond acceptors (Lipinski definition) is 4. The highest BCUT2D eigenvalue weighted by atomic mass is 79.9. The lowest BCUT2D eigenvalue weighted by Crippen LogP contribution is -2.44. The Morgan fingerprint density at radius 1 is 1.07 bits per heavy atom. The van der Waals surface area contributed by atoms with Crippen molar-refractivity contribution < 1.29 is 19.1 Å². The SMILES string of the molecule is CC(C)(C)OC(=O)[C@@H](Cc1cccc(Br)c1)C1CCN(C(=O)OC(C)(C)C)CC1. The van der Waals surface area contributed by atoms with Gasteiger partial charge in [0.2, 0.25) is 0 Å². The second-order valence-corrected chi connectivity index (χ2v) is 10.7. The minimum atomic E-state index is -0.524. The molecule has 1 amide bonds. The summed E-state index contributed by atoms with van der Waals surface area (Å²) < 4.78 is 12.2. The minimum absolute atomic E-state index is 0.159. The molecule has 0 N–H and O–H groups in total. The van der Waals surface area contributed by atoms with Gasteiger partial charge in [-0.15, -0.1) is 0 Å². The topological polar surface area (TPSA) is 55.8 Å². The molecule has 0 spiro atoms. The highest BCUT2D eigenvalue weighted by molar-refractivity contribution is 9.10. The van der Waals surface area contributed by atoms with Crippen LogP contribution in [0.25, 0.3) is 0 Å². The number of halogens is 1. The van der Waals surface area contributed by atoms with Crippen LogP contribution in [0.5, 0.6) is 0 Å². The Bertz CT molecular complexity index is 712. The van der Waals surface area contributed by atoms with E-state index in [9.17, 15) is 9.59 Å². The Balaban J connectivity index is 2.09. The number of nitrogens with zero attached hydrogens (tertiary/aromatic N) is 1. The number of likely N-dealkylation sites (tertiary alicyclic amines) is 1. The van der Waals surface area contributed by atoms with E-state index in [-0.39, 0.29) is 23.9 Å². The van der Waals surface area contributed by atoms with Gasteiger partial charge in [-0.05, 0) is 84.4 Å². The number of carbonyl (C=O) groups excluding carboxylic acids is 2. The molecule has 1 heterocycles. The van der Waals surface area contributed by atoms with Crippen LogP contribution in [0.1, 0.15) is 59.9 Å². The largest absolute Gasteiger partial charge is 0.460 e. The van der Waals surface area contributed by atoms with E-state index >= 15 is 0 Å². The number of ether oxygens (including phenoxy) is 2. The van der Waals surface area contributed by atoms with Crippen LogP contribution in [-0.2, 0) is 20.7 Å². The van der Waals surface area contributed by atoms with Crippen LogP contribution >= 0.6 is 15.9 Å². The zero-order chi connectivity index (χ0) is 21.8. The number of hydrogen-bond donors (Lipinski definition) is 0. The molecule has 1 fully saturated rings. The number of esters is 1. The van der Waals surface area contributed by atoms with E-state index in [1.165, 1.54) is 0 Å². The van der Waals surface area contributed by atoms with Crippen LogP contribution in [0.2, 0.25) is 0 Å². The Labute approximate surface area is 183 Å². The lowest BCUT2D eigenvalue weighted by atomic mass is 9.80. The summed E-state index contributed by atoms with van der Waals surface area (Å²) in [6.07, 6.45) is 1.87. The van der Waals surface area contributed by atoms with Crippen LogP contribution in [0.3, 0.4) is 0 Å². The summed E-state index contributed by atoms with van der Waals surface area (Å²) in [5.41, 5.74) is 0.0714. The maximum Gasteiger partial charge on any atom is 0.410 e. The first-order chi connectivity index (χ1) is 13.3. The van der Waals surface area contributed by atoms with Crippen LogP contribution in [0.15, 0.2) is 28.7 Å². The molecule has 0 aromatic heterocycles. The first-order valence-corrected chi connectivity index (χ1v) is 11.1. The number of piperidine rings is 1. The van der Waals surface area contributed by atoms with Gasteiger partial charge in [0, 0.05) is 17.6 Å². The van der Waals surface area contributed by atoms with Crippen molar-refractivity contribution in [3.8, 4) is 0 Å². The second kappa shape index (κ2) is 9.50. The van der Waals surface area contributed by atoms with Gasteiger partial charge < -0.3 is 14.4 Å². The van der Waals surface area contributed by atoms with Crippen molar-refractivity contribution in [2.24, 2.45) is 11.8 Å². The number of amides is 1. The fourth-order valence-electron chi connectivity index (χ4n) is 3.55. The molecule has 1 atom stereocenters. The molecule has 0 radical (unpaired) electrons. The van der Waals surface area contributed by atoms with E-state index in [1.54, 1.807) is 4.90 Å². The van der Waals surface area contributed by atoms with E-state index in [2.05, 4.69) is 15.9 Å². The molecule has 1 saturated heterocycles. The van der Waals surface area contributed by atoms with E-state index in [0.29, 0.717) is 19.5 Å². The van der Waals surface area contributed by atoms with Crippen molar-refractivity contribution in [1.82, 2.24) is 4.90 Å². The van der Waals surface area contributed by atoms with E-state index in [4.69, 9.17) is 9.47 Å². The van der Waals surface area contributed by atoms with Crippen molar-refractivity contribution in [3.63, 3.8) is 0 Å². The van der Waals surface area contributed by atoms with Gasteiger partial charge in [-0.1, -0.05) is 28.1 Å². The van der Waals surface area contributed by atoms with Crippen LogP contribution < -0.4 is 0 Å². The highest BCUT2D eigenvalue weighted by Crippen LogP contribution is 2.31. The molecule has 29 heavy (non-hydrogen) atoms. The Morgan fingerprint density at radius 3 is 2.17 bits per heavy atom. The van der Waals surface area contributed by atoms with Gasteiger partial charge in [0.05, 0.1) is 5.92 Å². The minimum Gasteiger partial charge on any atom is -0.460 e. The van der Waals surface area contributed by atoms with Crippen molar-refractivity contribution >= 4 is 28.0 Å². The third-order valence-corrected chi connectivity index (χ3v) is 5.31. The smallest absolute Gasteiger partial charge is 0.410 e. The van der Waals surface area contributed by atoms with E-state index in [1.807, 2.05) is 65.8 Å². The molecule has 6 heteroatoms. The van der Waals surface area contributed by atoms with Gasteiger partial charge in [0.1, 0.15) is 11.2 Å². The van der Waals surface area contributed by atoms with Gasteiger partial charge >= 0.3 is 12.1 Å². The molecule has 5 nitrogen and oxygen atoms in total. The second-order valence-electron chi connectivity index (χ2n) is 9.78. The predicted octanol–water partition coefficient (Wildman–Crippen LogP) is 5.60. The normalized spacial score (nSPS) is 17.0. The highest BCUT2D eigenvalue weighted by Gasteiger charge is 2.36. The summed E-state index contributed by atoms with van der Waals surface area (Å²) in [6.45, 7) is 12.5. The van der Waals surface area contributed by atoms with Crippen molar-refractivity contribution in [2.75, 3.05) is 13.1 Å². The van der Waals surface area contributed by atoms with E-state index < -0.39 is 11.2 Å². The molecule has 1 aliphatic rings. The Kier molecular flexibility index (Phi) is 7.77. The molecule has 2 rings (SSSR count). The quantitative estimate of drug-likeness (QED) is 0.540. The summed E-state index contributed by atoms with van der Waals surface area (Å²) in [6, 6.07) is 8.05. The summed E-state index contributed by atoms with van der Waals surface area (Å²) in [7, 11) is 0. The lowest BCUT2D eigenvalue weighted by Gasteiger charge is -2.36. The summed E-state index contributed by atoms with van der Waals surface area (Å²) in [4.78, 5) is 27.1. The first-order valence-electron chi connectivity index (χ1n) is 10.3. The Hall–Kier alpha value is -1.56. The monoisotopic (exact) mass is 467 g/mol. The Morgan fingerprint density at radius 2 is 1.66 bits per heavy atom. The summed E-state index contributed by atoms with van der Waals surface area (Å²) in [5.74, 6) is -0.222. The molecule has 1 aromatic carbocycles. The zero-order valence-electron chi connectivity index (χ0n) is 18.5. The molecule has 0 unspecified atom stereocenters. The fourth-order valence-corrected chi connectivity index (χ4v) is 4.00. The lowest BCUT2D eigenvalue weighted by molar-refractivity contribution is -0.162. The molecule has 0 saturated carbocycles. The number of carbonyl (C=O) groups is 2. The average molecular weight is 468 g/mol. The summed E-state index contributed by atoms with van der Waals surface area (Å²) >= 11 is 3.51. The van der Waals surface area contributed by atoms with Crippen LogP contribution in [0.4, 0.5) is 4.79 Å². The van der Waals surface area contributed by atoms with E-state index in [0.717, 1.165) is 22.9 Å². The van der Waals surface area contributed by atoms with Crippen molar-refractivity contribution in [3.05, 3.63) is 34.3 Å². The van der Waals surface area contributed by atoms with Gasteiger partial charge in [-0.3, -0.25) is 4.79 Å². The third-order valence-electron chi connectivity index (χ3n) is 4.81. The predicted molar refractivity (Wildman–Crippen MR) is 118 cm³/mol. The van der Waals surface area contributed by atoms with Crippen LogP contribution in [0, 0.1) is 11.8 Å². The number of benzene rings is 1. The fraction of sp³-hybridized carbons (Fsp3) is 0.652. The maximum absolute atomic E-state index is 13.0. The van der Waals surface area contributed by atoms with Gasteiger partial charge in [0.25, 0.3) is 0 Å². The van der Waals surface area contributed by atoms with Crippen LogP contribution in [-0.4, -0.2) is 41.3 Å². The molecule has 1 aliphatic heterocycles. The molecular weight excluding hydrogens is 434 g/mol. The van der Waals surface area contributed by atoms with Crippen molar-refractivity contribution in [1.29, 1.82) is 0 Å². The first kappa shape index (κ1) is 23.7. The van der Waals surface area contributed by atoms with Gasteiger partial charge in [-0.25, -0.2) is 4.79 Å². The molecule has 0 bridgehead atoms. The van der Waals surface area contributed by atoms with Gasteiger partial charge in [-0.2, -0.15) is 0 Å². The molecular formula is C23H34BrNO4. The molecule has 162 valence electrons. The summed E-state index contributed by atoms with van der Waals surface area (Å²) in [5, 5.41) is 0. The van der Waals surface area contributed by atoms with Gasteiger partial charge in [0.15, 0.2) is 0 Å². The number of rotatable bonds is 4. The average Bonchev–Trinajstić information content (AvgIpc) is 2.57.